The fourth-order valence-electron chi connectivity index (χ4n) is 5.08. The summed E-state index contributed by atoms with van der Waals surface area (Å²) in [6.07, 6.45) is 7.29. The van der Waals surface area contributed by atoms with Crippen molar-refractivity contribution in [2.75, 3.05) is 0 Å². The summed E-state index contributed by atoms with van der Waals surface area (Å²) < 4.78 is 0. The van der Waals surface area contributed by atoms with Crippen LogP contribution in [0.4, 0.5) is 0 Å². The summed E-state index contributed by atoms with van der Waals surface area (Å²) >= 11 is 0. The van der Waals surface area contributed by atoms with Crippen molar-refractivity contribution in [3.8, 4) is 11.8 Å². The van der Waals surface area contributed by atoms with Crippen molar-refractivity contribution in [3.63, 3.8) is 0 Å². The van der Waals surface area contributed by atoms with Crippen LogP contribution in [0.3, 0.4) is 0 Å². The molecule has 0 radical (unpaired) electrons. The Kier molecular flexibility index (Phi) is 10.5. The summed E-state index contributed by atoms with van der Waals surface area (Å²) in [5, 5.41) is 0. The van der Waals surface area contributed by atoms with Gasteiger partial charge in [0.05, 0.1) is 34.2 Å². The molecule has 0 aliphatic rings. The number of pyridine rings is 6. The van der Waals surface area contributed by atoms with Crippen molar-refractivity contribution in [1.29, 1.82) is 0 Å². The molecule has 0 aliphatic carbocycles. The summed E-state index contributed by atoms with van der Waals surface area (Å²) in [7, 11) is 0. The van der Waals surface area contributed by atoms with Crippen LogP contribution in [0.25, 0.3) is 0 Å². The minimum absolute atomic E-state index is 0.638. The van der Waals surface area contributed by atoms with E-state index in [1.54, 1.807) is 0 Å². The summed E-state index contributed by atoms with van der Waals surface area (Å²) in [6, 6.07) is 35.9. The molecule has 8 nitrogen and oxygen atoms in total. The van der Waals surface area contributed by atoms with Gasteiger partial charge in [0.1, 0.15) is 11.4 Å². The highest BCUT2D eigenvalue weighted by molar-refractivity contribution is 5.37. The zero-order valence-electron chi connectivity index (χ0n) is 25.5. The van der Waals surface area contributed by atoms with E-state index in [4.69, 9.17) is 9.97 Å². The SMILES string of the molecule is C(#Cc1cccc(CN(Cc2ccccn2)Cc2ccccn2)n1)c1cccc(CN(Cc2ccccn2)Cc2ccccn2)n1. The van der Waals surface area contributed by atoms with Gasteiger partial charge in [-0.2, -0.15) is 0 Å². The van der Waals surface area contributed by atoms with Crippen LogP contribution in [-0.4, -0.2) is 39.7 Å². The van der Waals surface area contributed by atoms with E-state index in [0.717, 1.165) is 34.2 Å². The molecule has 6 heterocycles. The Morgan fingerprint density at radius 2 is 0.652 bits per heavy atom. The molecule has 6 rings (SSSR count). The molecule has 0 aromatic carbocycles. The Bertz CT molecular complexity index is 1640. The number of hydrogen-bond acceptors (Lipinski definition) is 8. The summed E-state index contributed by atoms with van der Waals surface area (Å²) in [4.78, 5) is 32.4. The van der Waals surface area contributed by atoms with Gasteiger partial charge in [0.15, 0.2) is 0 Å². The first-order chi connectivity index (χ1) is 22.7. The smallest absolute Gasteiger partial charge is 0.113 e. The molecule has 8 heteroatoms. The molecule has 0 aliphatic heterocycles. The summed E-state index contributed by atoms with van der Waals surface area (Å²) in [5.74, 6) is 6.47. The van der Waals surface area contributed by atoms with Crippen LogP contribution in [0.15, 0.2) is 134 Å². The zero-order chi connectivity index (χ0) is 31.2. The van der Waals surface area contributed by atoms with E-state index in [1.807, 2.05) is 134 Å². The molecule has 0 amide bonds. The number of hydrogen-bond donors (Lipinski definition) is 0. The molecule has 0 saturated carbocycles. The molecule has 46 heavy (non-hydrogen) atoms. The van der Waals surface area contributed by atoms with Crippen LogP contribution >= 0.6 is 0 Å². The Balaban J connectivity index is 1.16. The largest absolute Gasteiger partial charge is 0.286 e. The maximum absolute atomic E-state index is 4.87. The van der Waals surface area contributed by atoms with Gasteiger partial charge in [0.2, 0.25) is 0 Å². The Morgan fingerprint density at radius 3 is 0.957 bits per heavy atom. The average Bonchev–Trinajstić information content (AvgIpc) is 3.09. The quantitative estimate of drug-likeness (QED) is 0.161. The molecule has 0 spiro atoms. The zero-order valence-corrected chi connectivity index (χ0v) is 25.5. The van der Waals surface area contributed by atoms with Crippen molar-refractivity contribution >= 4 is 0 Å². The van der Waals surface area contributed by atoms with Crippen molar-refractivity contribution in [3.05, 3.63) is 180 Å². The third-order valence-electron chi connectivity index (χ3n) is 7.15. The molecule has 226 valence electrons. The first-order valence-electron chi connectivity index (χ1n) is 15.2. The second-order valence-electron chi connectivity index (χ2n) is 10.9. The van der Waals surface area contributed by atoms with E-state index in [2.05, 4.69) is 41.6 Å². The highest BCUT2D eigenvalue weighted by Gasteiger charge is 2.12. The van der Waals surface area contributed by atoms with Gasteiger partial charge in [-0.3, -0.25) is 29.7 Å². The van der Waals surface area contributed by atoms with Gasteiger partial charge < -0.3 is 0 Å². The Labute approximate surface area is 269 Å². The lowest BCUT2D eigenvalue weighted by Gasteiger charge is -2.21. The number of aromatic nitrogens is 6. The van der Waals surface area contributed by atoms with Gasteiger partial charge in [-0.05, 0) is 84.6 Å². The van der Waals surface area contributed by atoms with Crippen LogP contribution < -0.4 is 0 Å². The Hall–Kier alpha value is -5.62. The van der Waals surface area contributed by atoms with Crippen LogP contribution in [0, 0.1) is 11.8 Å². The average molecular weight is 603 g/mol. The fraction of sp³-hybridized carbons (Fsp3) is 0.158. The highest BCUT2D eigenvalue weighted by atomic mass is 15.1. The van der Waals surface area contributed by atoms with Crippen molar-refractivity contribution in [2.45, 2.75) is 39.3 Å². The predicted octanol–water partition coefficient (Wildman–Crippen LogP) is 5.86. The lowest BCUT2D eigenvalue weighted by molar-refractivity contribution is 0.238. The van der Waals surface area contributed by atoms with Gasteiger partial charge in [-0.25, -0.2) is 9.97 Å². The second-order valence-corrected chi connectivity index (χ2v) is 10.9. The molecular weight excluding hydrogens is 568 g/mol. The van der Waals surface area contributed by atoms with Gasteiger partial charge in [0.25, 0.3) is 0 Å². The van der Waals surface area contributed by atoms with Crippen molar-refractivity contribution in [1.82, 2.24) is 39.7 Å². The maximum Gasteiger partial charge on any atom is 0.113 e. The van der Waals surface area contributed by atoms with E-state index in [-0.39, 0.29) is 0 Å². The van der Waals surface area contributed by atoms with Gasteiger partial charge >= 0.3 is 0 Å². The summed E-state index contributed by atoms with van der Waals surface area (Å²) in [6.45, 7) is 4.01. The van der Waals surface area contributed by atoms with Crippen LogP contribution in [0.5, 0.6) is 0 Å². The van der Waals surface area contributed by atoms with E-state index < -0.39 is 0 Å². The fourth-order valence-corrected chi connectivity index (χ4v) is 5.08. The topological polar surface area (TPSA) is 83.8 Å². The Morgan fingerprint density at radius 1 is 0.348 bits per heavy atom. The maximum atomic E-state index is 4.87. The first kappa shape index (κ1) is 30.4. The van der Waals surface area contributed by atoms with Crippen molar-refractivity contribution in [2.24, 2.45) is 0 Å². The molecule has 0 atom stereocenters. The van der Waals surface area contributed by atoms with Gasteiger partial charge in [-0.1, -0.05) is 36.4 Å². The monoisotopic (exact) mass is 602 g/mol. The van der Waals surface area contributed by atoms with E-state index in [1.165, 1.54) is 0 Å². The standard InChI is InChI=1S/C38H34N8/c1-5-21-39-33(11-1)25-45(26-34-12-2-6-22-40-34)29-37-17-9-15-31(43-37)19-20-32-16-10-18-38(44-32)30-46(27-35-13-3-7-23-41-35)28-36-14-4-8-24-42-36/h1-18,21-24H,25-30H2. The molecule has 0 fully saturated rings. The molecule has 6 aromatic rings. The van der Waals surface area contributed by atoms with Crippen molar-refractivity contribution < 1.29 is 0 Å². The number of rotatable bonds is 12. The van der Waals surface area contributed by atoms with Crippen LogP contribution in [0.2, 0.25) is 0 Å². The highest BCUT2D eigenvalue weighted by Crippen LogP contribution is 2.13. The van der Waals surface area contributed by atoms with Crippen LogP contribution in [0.1, 0.15) is 45.6 Å². The molecule has 0 N–H and O–H groups in total. The van der Waals surface area contributed by atoms with Crippen LogP contribution in [-0.2, 0) is 39.3 Å². The third-order valence-corrected chi connectivity index (χ3v) is 7.15. The molecule has 0 unspecified atom stereocenters. The van der Waals surface area contributed by atoms with E-state index in [9.17, 15) is 0 Å². The number of nitrogens with zero attached hydrogens (tertiary/aromatic N) is 8. The molecule has 0 saturated heterocycles. The van der Waals surface area contributed by atoms with E-state index in [0.29, 0.717) is 50.7 Å². The van der Waals surface area contributed by atoms with Gasteiger partial charge in [0, 0.05) is 64.1 Å². The normalized spacial score (nSPS) is 10.9. The molecular formula is C38H34N8. The third kappa shape index (κ3) is 9.44. The first-order valence-corrected chi connectivity index (χ1v) is 15.2. The lowest BCUT2D eigenvalue weighted by Crippen LogP contribution is -2.24. The second kappa shape index (κ2) is 15.9. The van der Waals surface area contributed by atoms with E-state index >= 15 is 0 Å². The van der Waals surface area contributed by atoms with Gasteiger partial charge in [-0.15, -0.1) is 0 Å². The predicted molar refractivity (Wildman–Crippen MR) is 177 cm³/mol. The molecule has 0 bridgehead atoms. The minimum Gasteiger partial charge on any atom is -0.286 e. The summed E-state index contributed by atoms with van der Waals surface area (Å²) in [5.41, 5.74) is 7.26. The lowest BCUT2D eigenvalue weighted by atomic mass is 10.2. The molecule has 6 aromatic heterocycles. The minimum atomic E-state index is 0.638.